The average Bonchev–Trinajstić information content (AvgIpc) is 2.63. The standard InChI is InChI=1S/C19H19NO4/c21-18(14-7-6-12-20-13-14)24-17-11-5-4-10-16(17)19(22)23-15-8-2-1-3-9-15/h4-7,10-13,15H,1-3,8-9H2. The summed E-state index contributed by atoms with van der Waals surface area (Å²) in [7, 11) is 0. The quantitative estimate of drug-likeness (QED) is 0.632. The molecule has 0 N–H and O–H groups in total. The fraction of sp³-hybridized carbons (Fsp3) is 0.316. The summed E-state index contributed by atoms with van der Waals surface area (Å²) < 4.78 is 10.9. The Morgan fingerprint density at radius 3 is 2.50 bits per heavy atom. The number of nitrogens with zero attached hydrogens (tertiary/aromatic N) is 1. The molecule has 1 aromatic heterocycles. The summed E-state index contributed by atoms with van der Waals surface area (Å²) in [6.07, 6.45) is 8.08. The minimum Gasteiger partial charge on any atom is -0.459 e. The van der Waals surface area contributed by atoms with Gasteiger partial charge in [0.15, 0.2) is 0 Å². The van der Waals surface area contributed by atoms with Gasteiger partial charge in [-0.05, 0) is 49.9 Å². The molecule has 24 heavy (non-hydrogen) atoms. The molecule has 0 spiro atoms. The number of ether oxygens (including phenoxy) is 2. The molecule has 1 aliphatic carbocycles. The molecule has 3 rings (SSSR count). The minimum absolute atomic E-state index is 0.0478. The Morgan fingerprint density at radius 1 is 0.958 bits per heavy atom. The topological polar surface area (TPSA) is 65.5 Å². The van der Waals surface area contributed by atoms with Gasteiger partial charge in [-0.3, -0.25) is 4.98 Å². The number of para-hydroxylation sites is 1. The lowest BCUT2D eigenvalue weighted by Crippen LogP contribution is -2.21. The van der Waals surface area contributed by atoms with Gasteiger partial charge in [0.1, 0.15) is 17.4 Å². The van der Waals surface area contributed by atoms with Gasteiger partial charge >= 0.3 is 11.9 Å². The molecule has 5 nitrogen and oxygen atoms in total. The van der Waals surface area contributed by atoms with Crippen LogP contribution in [0.2, 0.25) is 0 Å². The Hall–Kier alpha value is -2.69. The highest BCUT2D eigenvalue weighted by atomic mass is 16.6. The first-order valence-corrected chi connectivity index (χ1v) is 8.16. The molecule has 0 amide bonds. The zero-order valence-electron chi connectivity index (χ0n) is 13.3. The molecule has 0 aliphatic heterocycles. The molecule has 0 saturated heterocycles. The number of hydrogen-bond acceptors (Lipinski definition) is 5. The summed E-state index contributed by atoms with van der Waals surface area (Å²) in [5, 5.41) is 0. The van der Waals surface area contributed by atoms with Crippen molar-refractivity contribution in [1.29, 1.82) is 0 Å². The Labute approximate surface area is 140 Å². The van der Waals surface area contributed by atoms with Crippen LogP contribution in [-0.4, -0.2) is 23.0 Å². The molecule has 2 aromatic rings. The molecular weight excluding hydrogens is 306 g/mol. The number of esters is 2. The van der Waals surface area contributed by atoms with E-state index in [1.807, 2.05) is 0 Å². The van der Waals surface area contributed by atoms with E-state index in [1.165, 1.54) is 12.6 Å². The average molecular weight is 325 g/mol. The Bertz CT molecular complexity index is 708. The van der Waals surface area contributed by atoms with Gasteiger partial charge in [-0.15, -0.1) is 0 Å². The van der Waals surface area contributed by atoms with E-state index >= 15 is 0 Å². The molecule has 1 saturated carbocycles. The van der Waals surface area contributed by atoms with Crippen molar-refractivity contribution < 1.29 is 19.1 Å². The number of benzene rings is 1. The lowest BCUT2D eigenvalue weighted by molar-refractivity contribution is 0.0208. The van der Waals surface area contributed by atoms with Gasteiger partial charge in [0, 0.05) is 12.4 Å². The molecule has 1 heterocycles. The first-order valence-electron chi connectivity index (χ1n) is 8.16. The van der Waals surface area contributed by atoms with Gasteiger partial charge in [-0.25, -0.2) is 9.59 Å². The van der Waals surface area contributed by atoms with Crippen LogP contribution in [-0.2, 0) is 4.74 Å². The van der Waals surface area contributed by atoms with Crippen LogP contribution >= 0.6 is 0 Å². The van der Waals surface area contributed by atoms with Crippen LogP contribution in [0.5, 0.6) is 5.75 Å². The summed E-state index contributed by atoms with van der Waals surface area (Å²) in [5.41, 5.74) is 0.591. The molecular formula is C19H19NO4. The molecule has 124 valence electrons. The highest BCUT2D eigenvalue weighted by Crippen LogP contribution is 2.25. The summed E-state index contributed by atoms with van der Waals surface area (Å²) in [6, 6.07) is 9.89. The van der Waals surface area contributed by atoms with Gasteiger partial charge < -0.3 is 9.47 Å². The van der Waals surface area contributed by atoms with Crippen molar-refractivity contribution in [2.24, 2.45) is 0 Å². The van der Waals surface area contributed by atoms with Crippen molar-refractivity contribution in [2.45, 2.75) is 38.2 Å². The van der Waals surface area contributed by atoms with E-state index in [0.29, 0.717) is 5.56 Å². The fourth-order valence-electron chi connectivity index (χ4n) is 2.76. The summed E-state index contributed by atoms with van der Waals surface area (Å²) in [5.74, 6) is -0.801. The zero-order valence-corrected chi connectivity index (χ0v) is 13.3. The van der Waals surface area contributed by atoms with E-state index in [4.69, 9.17) is 9.47 Å². The van der Waals surface area contributed by atoms with E-state index in [2.05, 4.69) is 4.98 Å². The van der Waals surface area contributed by atoms with Gasteiger partial charge in [0.2, 0.25) is 0 Å². The van der Waals surface area contributed by atoms with Gasteiger partial charge in [0.05, 0.1) is 5.56 Å². The van der Waals surface area contributed by atoms with Crippen LogP contribution in [0.1, 0.15) is 52.8 Å². The van der Waals surface area contributed by atoms with Crippen molar-refractivity contribution in [2.75, 3.05) is 0 Å². The second-order valence-electron chi connectivity index (χ2n) is 5.79. The highest BCUT2D eigenvalue weighted by Gasteiger charge is 2.22. The lowest BCUT2D eigenvalue weighted by atomic mass is 9.98. The van der Waals surface area contributed by atoms with Crippen LogP contribution < -0.4 is 4.74 Å². The third-order valence-electron chi connectivity index (χ3n) is 4.03. The first-order chi connectivity index (χ1) is 11.7. The molecule has 0 atom stereocenters. The number of carbonyl (C=O) groups is 2. The van der Waals surface area contributed by atoms with Crippen LogP contribution in [0.25, 0.3) is 0 Å². The van der Waals surface area contributed by atoms with E-state index < -0.39 is 11.9 Å². The van der Waals surface area contributed by atoms with Crippen LogP contribution in [0.15, 0.2) is 48.8 Å². The van der Waals surface area contributed by atoms with Crippen molar-refractivity contribution in [3.8, 4) is 5.75 Å². The molecule has 0 unspecified atom stereocenters. The molecule has 1 aliphatic rings. The van der Waals surface area contributed by atoms with Gasteiger partial charge in [-0.1, -0.05) is 18.6 Å². The number of rotatable bonds is 4. The summed E-state index contributed by atoms with van der Waals surface area (Å²) in [4.78, 5) is 28.5. The maximum Gasteiger partial charge on any atom is 0.345 e. The highest BCUT2D eigenvalue weighted by molar-refractivity contribution is 5.96. The van der Waals surface area contributed by atoms with Crippen molar-refractivity contribution >= 4 is 11.9 Å². The van der Waals surface area contributed by atoms with Gasteiger partial charge in [-0.2, -0.15) is 0 Å². The monoisotopic (exact) mass is 325 g/mol. The number of carbonyl (C=O) groups excluding carboxylic acids is 2. The van der Waals surface area contributed by atoms with Crippen molar-refractivity contribution in [1.82, 2.24) is 4.98 Å². The zero-order chi connectivity index (χ0) is 16.8. The fourth-order valence-corrected chi connectivity index (χ4v) is 2.76. The number of pyridine rings is 1. The smallest absolute Gasteiger partial charge is 0.345 e. The molecule has 0 bridgehead atoms. The third kappa shape index (κ3) is 3.98. The Balaban J connectivity index is 1.72. The summed E-state index contributed by atoms with van der Waals surface area (Å²) >= 11 is 0. The maximum atomic E-state index is 12.4. The Morgan fingerprint density at radius 2 is 1.75 bits per heavy atom. The molecule has 1 aromatic carbocycles. The van der Waals surface area contributed by atoms with Crippen molar-refractivity contribution in [3.05, 3.63) is 59.9 Å². The molecule has 0 radical (unpaired) electrons. The lowest BCUT2D eigenvalue weighted by Gasteiger charge is -2.22. The number of hydrogen-bond donors (Lipinski definition) is 0. The Kier molecular flexibility index (Phi) is 5.21. The van der Waals surface area contributed by atoms with E-state index in [1.54, 1.807) is 42.6 Å². The van der Waals surface area contributed by atoms with E-state index in [9.17, 15) is 9.59 Å². The second kappa shape index (κ2) is 7.73. The molecule has 5 heteroatoms. The second-order valence-corrected chi connectivity index (χ2v) is 5.79. The van der Waals surface area contributed by atoms with Crippen LogP contribution in [0, 0.1) is 0 Å². The van der Waals surface area contributed by atoms with Gasteiger partial charge in [0.25, 0.3) is 0 Å². The van der Waals surface area contributed by atoms with E-state index in [-0.39, 0.29) is 17.4 Å². The predicted molar refractivity (Wildman–Crippen MR) is 87.9 cm³/mol. The third-order valence-corrected chi connectivity index (χ3v) is 4.03. The largest absolute Gasteiger partial charge is 0.459 e. The van der Waals surface area contributed by atoms with Crippen molar-refractivity contribution in [3.63, 3.8) is 0 Å². The van der Waals surface area contributed by atoms with Crippen LogP contribution in [0.4, 0.5) is 0 Å². The predicted octanol–water partition coefficient (Wildman–Crippen LogP) is 3.79. The van der Waals surface area contributed by atoms with E-state index in [0.717, 1.165) is 25.7 Å². The van der Waals surface area contributed by atoms with Crippen LogP contribution in [0.3, 0.4) is 0 Å². The SMILES string of the molecule is O=C(Oc1ccccc1C(=O)OC1CCCCC1)c1cccnc1. The first kappa shape index (κ1) is 16.2. The summed E-state index contributed by atoms with van der Waals surface area (Å²) in [6.45, 7) is 0. The minimum atomic E-state index is -0.555. The number of aromatic nitrogens is 1. The molecule has 1 fully saturated rings. The maximum absolute atomic E-state index is 12.4. The normalized spacial score (nSPS) is 14.8.